The van der Waals surface area contributed by atoms with E-state index in [2.05, 4.69) is 49.0 Å². The summed E-state index contributed by atoms with van der Waals surface area (Å²) in [5, 5.41) is 4.77. The van der Waals surface area contributed by atoms with E-state index in [0.717, 1.165) is 18.7 Å². The van der Waals surface area contributed by atoms with Crippen LogP contribution in [0.3, 0.4) is 0 Å². The number of aromatic nitrogens is 2. The normalized spacial score (nSPS) is 12.5. The third-order valence-electron chi connectivity index (χ3n) is 4.00. The van der Waals surface area contributed by atoms with Crippen molar-refractivity contribution in [1.82, 2.24) is 15.3 Å². The molecular formula is C15H23N3. The van der Waals surface area contributed by atoms with Gasteiger partial charge in [-0.25, -0.2) is 4.98 Å². The predicted molar refractivity (Wildman–Crippen MR) is 76.4 cm³/mol. The van der Waals surface area contributed by atoms with Crippen molar-refractivity contribution in [2.45, 2.75) is 34.2 Å². The monoisotopic (exact) mass is 245 g/mol. The molecule has 0 saturated carbocycles. The van der Waals surface area contributed by atoms with Crippen molar-refractivity contribution in [1.29, 1.82) is 0 Å². The van der Waals surface area contributed by atoms with Gasteiger partial charge >= 0.3 is 0 Å². The number of nitrogens with one attached hydrogen (secondary N) is 2. The molecule has 0 aliphatic heterocycles. The Labute approximate surface area is 109 Å². The van der Waals surface area contributed by atoms with Crippen LogP contribution in [-0.2, 0) is 6.54 Å². The molecule has 0 aromatic carbocycles. The van der Waals surface area contributed by atoms with Crippen LogP contribution in [0.2, 0.25) is 0 Å². The first-order valence-electron chi connectivity index (χ1n) is 6.62. The topological polar surface area (TPSA) is 40.7 Å². The van der Waals surface area contributed by atoms with Crippen LogP contribution in [-0.4, -0.2) is 16.5 Å². The highest BCUT2D eigenvalue weighted by atomic mass is 14.9. The van der Waals surface area contributed by atoms with Gasteiger partial charge in [0.15, 0.2) is 0 Å². The Morgan fingerprint density at radius 1 is 1.39 bits per heavy atom. The van der Waals surface area contributed by atoms with Crippen LogP contribution in [0, 0.1) is 11.3 Å². The maximum absolute atomic E-state index is 4.30. The zero-order valence-electron chi connectivity index (χ0n) is 11.7. The summed E-state index contributed by atoms with van der Waals surface area (Å²) in [4.78, 5) is 7.51. The van der Waals surface area contributed by atoms with Gasteiger partial charge in [-0.3, -0.25) is 0 Å². The van der Waals surface area contributed by atoms with Gasteiger partial charge in [-0.15, -0.1) is 0 Å². The molecule has 0 saturated heterocycles. The summed E-state index contributed by atoms with van der Waals surface area (Å²) in [5.74, 6) is 0.676. The SMILES string of the molecule is CC(C)C(C)(C)CNCc1c[nH]c2ncccc12. The quantitative estimate of drug-likeness (QED) is 0.848. The molecule has 2 heterocycles. The van der Waals surface area contributed by atoms with Gasteiger partial charge < -0.3 is 10.3 Å². The van der Waals surface area contributed by atoms with E-state index in [1.807, 2.05) is 18.5 Å². The second kappa shape index (κ2) is 5.11. The van der Waals surface area contributed by atoms with Crippen LogP contribution in [0.15, 0.2) is 24.5 Å². The largest absolute Gasteiger partial charge is 0.346 e. The lowest BCUT2D eigenvalue weighted by Crippen LogP contribution is -2.33. The summed E-state index contributed by atoms with van der Waals surface area (Å²) >= 11 is 0. The van der Waals surface area contributed by atoms with Crippen LogP contribution in [0.1, 0.15) is 33.3 Å². The summed E-state index contributed by atoms with van der Waals surface area (Å²) < 4.78 is 0. The second-order valence-electron chi connectivity index (χ2n) is 5.96. The average Bonchev–Trinajstić information content (AvgIpc) is 2.72. The number of nitrogens with zero attached hydrogens (tertiary/aromatic N) is 1. The maximum atomic E-state index is 4.30. The first-order chi connectivity index (χ1) is 8.50. The number of rotatable bonds is 5. The number of hydrogen-bond donors (Lipinski definition) is 2. The standard InChI is InChI=1S/C15H23N3/c1-11(2)15(3,4)10-16-8-12-9-18-14-13(12)6-5-7-17-14/h5-7,9,11,16H,8,10H2,1-4H3,(H,17,18). The molecule has 0 aliphatic rings. The Kier molecular flexibility index (Phi) is 3.71. The zero-order chi connectivity index (χ0) is 13.2. The Morgan fingerprint density at radius 3 is 2.89 bits per heavy atom. The number of H-pyrrole nitrogens is 1. The Bertz CT molecular complexity index is 511. The lowest BCUT2D eigenvalue weighted by molar-refractivity contribution is 0.238. The zero-order valence-corrected chi connectivity index (χ0v) is 11.7. The van der Waals surface area contributed by atoms with Crippen molar-refractivity contribution < 1.29 is 0 Å². The summed E-state index contributed by atoms with van der Waals surface area (Å²) in [5.41, 5.74) is 2.58. The number of fused-ring (bicyclic) bond motifs is 1. The summed E-state index contributed by atoms with van der Waals surface area (Å²) in [7, 11) is 0. The molecular weight excluding hydrogens is 222 g/mol. The molecule has 18 heavy (non-hydrogen) atoms. The van der Waals surface area contributed by atoms with E-state index < -0.39 is 0 Å². The van der Waals surface area contributed by atoms with E-state index in [9.17, 15) is 0 Å². The molecule has 3 nitrogen and oxygen atoms in total. The maximum Gasteiger partial charge on any atom is 0.137 e. The number of hydrogen-bond acceptors (Lipinski definition) is 2. The smallest absolute Gasteiger partial charge is 0.137 e. The van der Waals surface area contributed by atoms with Gasteiger partial charge in [0.05, 0.1) is 0 Å². The lowest BCUT2D eigenvalue weighted by atomic mass is 9.81. The van der Waals surface area contributed by atoms with Gasteiger partial charge in [-0.05, 0) is 29.0 Å². The minimum absolute atomic E-state index is 0.324. The van der Waals surface area contributed by atoms with Crippen molar-refractivity contribution in [2.75, 3.05) is 6.54 Å². The molecule has 2 aromatic rings. The van der Waals surface area contributed by atoms with E-state index >= 15 is 0 Å². The van der Waals surface area contributed by atoms with Crippen molar-refractivity contribution in [2.24, 2.45) is 11.3 Å². The fourth-order valence-electron chi connectivity index (χ4n) is 1.88. The molecule has 0 atom stereocenters. The lowest BCUT2D eigenvalue weighted by Gasteiger charge is -2.29. The molecule has 0 amide bonds. The van der Waals surface area contributed by atoms with Gasteiger partial charge in [-0.2, -0.15) is 0 Å². The van der Waals surface area contributed by atoms with Crippen molar-refractivity contribution in [3.63, 3.8) is 0 Å². The molecule has 0 fully saturated rings. The van der Waals surface area contributed by atoms with Gasteiger partial charge in [0.2, 0.25) is 0 Å². The van der Waals surface area contributed by atoms with E-state index in [1.165, 1.54) is 10.9 Å². The second-order valence-corrected chi connectivity index (χ2v) is 5.96. The predicted octanol–water partition coefficient (Wildman–Crippen LogP) is 3.33. The fraction of sp³-hybridized carbons (Fsp3) is 0.533. The minimum atomic E-state index is 0.324. The van der Waals surface area contributed by atoms with Gasteiger partial charge in [0, 0.05) is 30.9 Å². The van der Waals surface area contributed by atoms with Crippen LogP contribution in [0.4, 0.5) is 0 Å². The third-order valence-corrected chi connectivity index (χ3v) is 4.00. The Hall–Kier alpha value is -1.35. The molecule has 3 heteroatoms. The molecule has 2 rings (SSSR count). The van der Waals surface area contributed by atoms with Gasteiger partial charge in [0.1, 0.15) is 5.65 Å². The minimum Gasteiger partial charge on any atom is -0.346 e. The van der Waals surface area contributed by atoms with Crippen molar-refractivity contribution >= 4 is 11.0 Å². The third kappa shape index (κ3) is 2.72. The molecule has 98 valence electrons. The number of aromatic amines is 1. The molecule has 0 bridgehead atoms. The molecule has 2 N–H and O–H groups in total. The fourth-order valence-corrected chi connectivity index (χ4v) is 1.88. The van der Waals surface area contributed by atoms with Crippen LogP contribution < -0.4 is 5.32 Å². The average molecular weight is 245 g/mol. The van der Waals surface area contributed by atoms with Crippen molar-refractivity contribution in [3.05, 3.63) is 30.1 Å². The summed E-state index contributed by atoms with van der Waals surface area (Å²) in [6.07, 6.45) is 3.87. The number of pyridine rings is 1. The highest BCUT2D eigenvalue weighted by Gasteiger charge is 2.21. The molecule has 0 radical (unpaired) electrons. The van der Waals surface area contributed by atoms with Crippen molar-refractivity contribution in [3.8, 4) is 0 Å². The highest BCUT2D eigenvalue weighted by Crippen LogP contribution is 2.25. The van der Waals surface area contributed by atoms with Crippen LogP contribution in [0.25, 0.3) is 11.0 Å². The van der Waals surface area contributed by atoms with E-state index in [1.54, 1.807) is 0 Å². The first-order valence-corrected chi connectivity index (χ1v) is 6.62. The van der Waals surface area contributed by atoms with Crippen LogP contribution in [0.5, 0.6) is 0 Å². The van der Waals surface area contributed by atoms with Gasteiger partial charge in [-0.1, -0.05) is 27.7 Å². The van der Waals surface area contributed by atoms with Gasteiger partial charge in [0.25, 0.3) is 0 Å². The molecule has 0 spiro atoms. The molecule has 0 unspecified atom stereocenters. The Balaban J connectivity index is 1.99. The van der Waals surface area contributed by atoms with E-state index in [4.69, 9.17) is 0 Å². The van der Waals surface area contributed by atoms with E-state index in [0.29, 0.717) is 11.3 Å². The highest BCUT2D eigenvalue weighted by molar-refractivity contribution is 5.79. The summed E-state index contributed by atoms with van der Waals surface area (Å²) in [6.45, 7) is 11.1. The Morgan fingerprint density at radius 2 is 2.17 bits per heavy atom. The van der Waals surface area contributed by atoms with Crippen LogP contribution >= 0.6 is 0 Å². The summed E-state index contributed by atoms with van der Waals surface area (Å²) in [6, 6.07) is 4.10. The van der Waals surface area contributed by atoms with E-state index in [-0.39, 0.29) is 0 Å². The first kappa shape index (κ1) is 13.1. The molecule has 0 aliphatic carbocycles. The molecule has 2 aromatic heterocycles.